The van der Waals surface area contributed by atoms with Crippen LogP contribution in [0.5, 0.6) is 5.75 Å². The molecule has 0 spiro atoms. The van der Waals surface area contributed by atoms with E-state index in [1.54, 1.807) is 18.2 Å². The van der Waals surface area contributed by atoms with E-state index in [1.807, 2.05) is 36.5 Å². The number of hydrogen-bond donors (Lipinski definition) is 2. The smallest absolute Gasteiger partial charge is 0.261 e. The van der Waals surface area contributed by atoms with Gasteiger partial charge in [-0.1, -0.05) is 59.6 Å². The molecule has 0 unspecified atom stereocenters. The summed E-state index contributed by atoms with van der Waals surface area (Å²) in [5.74, 6) is -0.705. The number of carbonyl (C=O) groups excluding carboxylic acids is 1. The van der Waals surface area contributed by atoms with Crippen molar-refractivity contribution in [1.29, 1.82) is 5.26 Å². The number of hydrogen-bond acceptors (Lipinski definition) is 3. The van der Waals surface area contributed by atoms with Crippen molar-refractivity contribution in [2.75, 3.05) is 6.54 Å². The second-order valence-electron chi connectivity index (χ2n) is 7.73. The predicted octanol–water partition coefficient (Wildman–Crippen LogP) is 6.46. The molecule has 5 nitrogen and oxygen atoms in total. The molecule has 0 saturated heterocycles. The number of nitrogens with zero attached hydrogens (tertiary/aromatic N) is 1. The summed E-state index contributed by atoms with van der Waals surface area (Å²) < 4.78 is 19.4. The van der Waals surface area contributed by atoms with Crippen LogP contribution in [0.1, 0.15) is 16.7 Å². The van der Waals surface area contributed by atoms with Gasteiger partial charge >= 0.3 is 0 Å². The molecule has 0 aliphatic carbocycles. The normalized spacial score (nSPS) is 11.3. The molecule has 0 radical (unpaired) electrons. The van der Waals surface area contributed by atoms with Crippen LogP contribution in [-0.4, -0.2) is 17.4 Å². The van der Waals surface area contributed by atoms with Crippen LogP contribution >= 0.6 is 23.2 Å². The summed E-state index contributed by atoms with van der Waals surface area (Å²) in [4.78, 5) is 15.8. The second kappa shape index (κ2) is 11.1. The summed E-state index contributed by atoms with van der Waals surface area (Å²) in [6, 6.07) is 19.1. The van der Waals surface area contributed by atoms with E-state index in [4.69, 9.17) is 27.9 Å². The molecule has 4 rings (SSSR count). The van der Waals surface area contributed by atoms with Gasteiger partial charge in [-0.05, 0) is 47.9 Å². The number of halogens is 3. The van der Waals surface area contributed by atoms with Crippen LogP contribution < -0.4 is 10.1 Å². The van der Waals surface area contributed by atoms with Gasteiger partial charge in [0.25, 0.3) is 5.91 Å². The molecule has 0 bridgehead atoms. The summed E-state index contributed by atoms with van der Waals surface area (Å²) in [7, 11) is 0. The zero-order chi connectivity index (χ0) is 24.8. The van der Waals surface area contributed by atoms with Gasteiger partial charge in [0.15, 0.2) is 5.75 Å². The number of H-pyrrole nitrogens is 1. The third-order valence-corrected chi connectivity index (χ3v) is 5.94. The zero-order valence-corrected chi connectivity index (χ0v) is 20.0. The highest BCUT2D eigenvalue weighted by molar-refractivity contribution is 6.37. The fraction of sp³-hybridized carbons (Fsp3) is 0.111. The van der Waals surface area contributed by atoms with Gasteiger partial charge in [0.2, 0.25) is 0 Å². The molecular formula is C27H20Cl2FN3O2. The number of aromatic nitrogens is 1. The van der Waals surface area contributed by atoms with E-state index in [-0.39, 0.29) is 28.0 Å². The van der Waals surface area contributed by atoms with Crippen LogP contribution in [0, 0.1) is 17.1 Å². The molecule has 0 saturated carbocycles. The van der Waals surface area contributed by atoms with E-state index in [1.165, 1.54) is 24.3 Å². The number of aromatic amines is 1. The summed E-state index contributed by atoms with van der Waals surface area (Å²) in [6.07, 6.45) is 3.93. The third kappa shape index (κ3) is 5.83. The van der Waals surface area contributed by atoms with Crippen molar-refractivity contribution in [3.05, 3.63) is 105 Å². The van der Waals surface area contributed by atoms with Crippen LogP contribution in [-0.2, 0) is 17.8 Å². The van der Waals surface area contributed by atoms with E-state index >= 15 is 0 Å². The molecule has 1 aromatic heterocycles. The highest BCUT2D eigenvalue weighted by Gasteiger charge is 2.14. The number of carbonyl (C=O) groups is 1. The van der Waals surface area contributed by atoms with Crippen LogP contribution in [0.3, 0.4) is 0 Å². The number of fused-ring (bicyclic) bond motifs is 1. The molecule has 3 aromatic carbocycles. The predicted molar refractivity (Wildman–Crippen MR) is 136 cm³/mol. The summed E-state index contributed by atoms with van der Waals surface area (Å²) >= 11 is 12.6. The Balaban J connectivity index is 1.41. The van der Waals surface area contributed by atoms with Crippen molar-refractivity contribution in [2.24, 2.45) is 0 Å². The lowest BCUT2D eigenvalue weighted by Gasteiger charge is -2.11. The minimum atomic E-state index is -0.500. The van der Waals surface area contributed by atoms with Crippen LogP contribution in [0.25, 0.3) is 17.0 Å². The van der Waals surface area contributed by atoms with Gasteiger partial charge in [0.1, 0.15) is 24.1 Å². The van der Waals surface area contributed by atoms with Gasteiger partial charge in [-0.25, -0.2) is 4.39 Å². The topological polar surface area (TPSA) is 77.9 Å². The van der Waals surface area contributed by atoms with Crippen LogP contribution in [0.2, 0.25) is 10.0 Å². The average molecular weight is 508 g/mol. The van der Waals surface area contributed by atoms with Crippen molar-refractivity contribution >= 4 is 46.1 Å². The number of amides is 1. The first-order chi connectivity index (χ1) is 17.0. The van der Waals surface area contributed by atoms with E-state index in [0.29, 0.717) is 24.1 Å². The Kier molecular flexibility index (Phi) is 7.71. The highest BCUT2D eigenvalue weighted by atomic mass is 35.5. The summed E-state index contributed by atoms with van der Waals surface area (Å²) in [5.41, 5.74) is 2.84. The summed E-state index contributed by atoms with van der Waals surface area (Å²) in [6.45, 7) is 0.313. The number of benzene rings is 3. The molecule has 0 atom stereocenters. The first-order valence-electron chi connectivity index (χ1n) is 10.8. The first-order valence-corrected chi connectivity index (χ1v) is 11.5. The van der Waals surface area contributed by atoms with E-state index in [0.717, 1.165) is 16.5 Å². The average Bonchev–Trinajstić information content (AvgIpc) is 3.26. The van der Waals surface area contributed by atoms with Crippen molar-refractivity contribution in [3.8, 4) is 11.8 Å². The first kappa shape index (κ1) is 24.3. The van der Waals surface area contributed by atoms with Gasteiger partial charge in [-0.15, -0.1) is 0 Å². The van der Waals surface area contributed by atoms with Crippen LogP contribution in [0.4, 0.5) is 4.39 Å². The highest BCUT2D eigenvalue weighted by Crippen LogP contribution is 2.35. The molecule has 2 N–H and O–H groups in total. The van der Waals surface area contributed by atoms with Crippen molar-refractivity contribution < 1.29 is 13.9 Å². The van der Waals surface area contributed by atoms with Crippen molar-refractivity contribution in [3.63, 3.8) is 0 Å². The quantitative estimate of drug-likeness (QED) is 0.212. The lowest BCUT2D eigenvalue weighted by molar-refractivity contribution is -0.117. The number of ether oxygens (including phenoxy) is 1. The standard InChI is InChI=1S/C27H20Cl2FN3O2/c28-22-12-17(13-23(29)26(22)35-16-19-5-1-3-7-24(19)30)11-20(14-31)27(34)32-10-9-18-15-33-25-8-4-2-6-21(18)25/h1-8,11-13,15,33H,9-10,16H2,(H,32,34)/b20-11-. The molecular weight excluding hydrogens is 488 g/mol. The van der Waals surface area contributed by atoms with E-state index < -0.39 is 11.7 Å². The maximum absolute atomic E-state index is 13.8. The Morgan fingerprint density at radius 1 is 1.09 bits per heavy atom. The van der Waals surface area contributed by atoms with Crippen LogP contribution in [0.15, 0.2) is 72.4 Å². The molecule has 1 heterocycles. The lowest BCUT2D eigenvalue weighted by atomic mass is 10.1. The molecule has 0 fully saturated rings. The molecule has 176 valence electrons. The van der Waals surface area contributed by atoms with E-state index in [2.05, 4.69) is 10.3 Å². The number of para-hydroxylation sites is 1. The monoisotopic (exact) mass is 507 g/mol. The molecule has 0 aliphatic rings. The second-order valence-corrected chi connectivity index (χ2v) is 8.54. The number of nitrogens with one attached hydrogen (secondary N) is 2. The summed E-state index contributed by atoms with van der Waals surface area (Å²) in [5, 5.41) is 13.7. The van der Waals surface area contributed by atoms with E-state index in [9.17, 15) is 14.4 Å². The molecule has 1 amide bonds. The van der Waals surface area contributed by atoms with Crippen molar-refractivity contribution in [1.82, 2.24) is 10.3 Å². The number of nitriles is 1. The largest absolute Gasteiger partial charge is 0.486 e. The minimum Gasteiger partial charge on any atom is -0.486 e. The Hall–Kier alpha value is -3.79. The maximum atomic E-state index is 13.8. The maximum Gasteiger partial charge on any atom is 0.261 e. The van der Waals surface area contributed by atoms with Gasteiger partial charge < -0.3 is 15.0 Å². The molecule has 8 heteroatoms. The third-order valence-electron chi connectivity index (χ3n) is 5.38. The van der Waals surface area contributed by atoms with Gasteiger partial charge in [0.05, 0.1) is 10.0 Å². The fourth-order valence-corrected chi connectivity index (χ4v) is 4.24. The Labute approximate surface area is 211 Å². The van der Waals surface area contributed by atoms with Gasteiger partial charge in [0, 0.05) is 29.2 Å². The SMILES string of the molecule is N#C/C(=C/c1cc(Cl)c(OCc2ccccc2F)c(Cl)c1)C(=O)NCCc1c[nH]c2ccccc12. The zero-order valence-electron chi connectivity index (χ0n) is 18.4. The molecule has 35 heavy (non-hydrogen) atoms. The van der Waals surface area contributed by atoms with Gasteiger partial charge in [-0.3, -0.25) is 4.79 Å². The Morgan fingerprint density at radius 2 is 1.80 bits per heavy atom. The molecule has 4 aromatic rings. The van der Waals surface area contributed by atoms with Gasteiger partial charge in [-0.2, -0.15) is 5.26 Å². The lowest BCUT2D eigenvalue weighted by Crippen LogP contribution is -2.26. The minimum absolute atomic E-state index is 0.0520. The molecule has 0 aliphatic heterocycles. The fourth-order valence-electron chi connectivity index (χ4n) is 3.63. The van der Waals surface area contributed by atoms with Crippen molar-refractivity contribution in [2.45, 2.75) is 13.0 Å². The Bertz CT molecular complexity index is 1430. The number of rotatable bonds is 8. The Morgan fingerprint density at radius 3 is 2.54 bits per heavy atom.